The zero-order valence-electron chi connectivity index (χ0n) is 18.5. The molecule has 3 aromatic carbocycles. The first-order valence-electron chi connectivity index (χ1n) is 11.0. The van der Waals surface area contributed by atoms with Gasteiger partial charge in [-0.05, 0) is 55.7 Å². The molecule has 1 fully saturated rings. The molecule has 1 aliphatic rings. The summed E-state index contributed by atoms with van der Waals surface area (Å²) in [5, 5.41) is 2.66. The Morgan fingerprint density at radius 1 is 1.12 bits per heavy atom. The van der Waals surface area contributed by atoms with Crippen molar-refractivity contribution in [2.45, 2.75) is 30.7 Å². The van der Waals surface area contributed by atoms with Crippen molar-refractivity contribution in [1.29, 1.82) is 0 Å². The van der Waals surface area contributed by atoms with Crippen molar-refractivity contribution in [3.8, 4) is 11.4 Å². The Balaban J connectivity index is 1.41. The molecule has 5 rings (SSSR count). The number of carbonyl (C=O) groups is 1. The lowest BCUT2D eigenvalue weighted by atomic mass is 10.2. The van der Waals surface area contributed by atoms with Gasteiger partial charge in [-0.15, -0.1) is 0 Å². The minimum absolute atomic E-state index is 0.0874. The Labute approximate surface area is 196 Å². The van der Waals surface area contributed by atoms with Crippen molar-refractivity contribution in [3.05, 3.63) is 78.1 Å². The molecule has 0 saturated carbocycles. The third-order valence-electron chi connectivity index (χ3n) is 6.05. The highest BCUT2D eigenvalue weighted by atomic mass is 32.2. The molecule has 1 atom stereocenters. The van der Waals surface area contributed by atoms with Crippen LogP contribution in [0, 0.1) is 12.7 Å². The number of aryl methyl sites for hydroxylation is 1. The summed E-state index contributed by atoms with van der Waals surface area (Å²) in [5.41, 5.74) is 2.90. The van der Waals surface area contributed by atoms with Gasteiger partial charge in [-0.1, -0.05) is 36.4 Å². The summed E-state index contributed by atoms with van der Waals surface area (Å²) >= 11 is 0. The number of anilines is 1. The zero-order chi connectivity index (χ0) is 23.9. The standard InChI is InChI=1S/C25H23FN4O3S/c1-16-9-10-18(14-20(16)26)27-25(31)23-8-5-13-30(23)34(32,33)19-11-12-21-22(15-19)29-24(28-21)17-6-3-2-4-7-17/h2-4,6-7,9-12,14-15,23H,5,8,13H2,1H3,(H,27,31)(H,28,29)/t23-/m1/s1. The van der Waals surface area contributed by atoms with E-state index in [1.165, 1.54) is 16.4 Å². The Hall–Kier alpha value is -3.56. The van der Waals surface area contributed by atoms with E-state index in [1.54, 1.807) is 31.2 Å². The number of nitrogens with one attached hydrogen (secondary N) is 2. The van der Waals surface area contributed by atoms with Gasteiger partial charge in [-0.3, -0.25) is 4.79 Å². The number of carbonyl (C=O) groups excluding carboxylic acids is 1. The van der Waals surface area contributed by atoms with Crippen molar-refractivity contribution in [2.75, 3.05) is 11.9 Å². The second kappa shape index (κ2) is 8.66. The normalized spacial score (nSPS) is 16.7. The highest BCUT2D eigenvalue weighted by molar-refractivity contribution is 7.89. The van der Waals surface area contributed by atoms with Crippen molar-refractivity contribution in [3.63, 3.8) is 0 Å². The number of sulfonamides is 1. The van der Waals surface area contributed by atoms with Crippen LogP contribution in [0.15, 0.2) is 71.6 Å². The van der Waals surface area contributed by atoms with E-state index in [2.05, 4.69) is 15.3 Å². The molecule has 2 heterocycles. The van der Waals surface area contributed by atoms with Crippen LogP contribution in [0.5, 0.6) is 0 Å². The molecule has 7 nitrogen and oxygen atoms in total. The largest absolute Gasteiger partial charge is 0.338 e. The number of hydrogen-bond acceptors (Lipinski definition) is 4. The molecular weight excluding hydrogens is 455 g/mol. The average molecular weight is 479 g/mol. The SMILES string of the molecule is Cc1ccc(NC(=O)[C@H]2CCCN2S(=O)(=O)c2ccc3nc(-c4ccccc4)[nH]c3c2)cc1F. The second-order valence-corrected chi connectivity index (χ2v) is 10.2. The quantitative estimate of drug-likeness (QED) is 0.443. The molecule has 1 saturated heterocycles. The third-order valence-corrected chi connectivity index (χ3v) is 7.96. The van der Waals surface area contributed by atoms with Crippen LogP contribution >= 0.6 is 0 Å². The summed E-state index contributed by atoms with van der Waals surface area (Å²) in [6, 6.07) is 17.8. The fourth-order valence-electron chi connectivity index (χ4n) is 4.20. The predicted octanol–water partition coefficient (Wildman–Crippen LogP) is 4.47. The molecule has 34 heavy (non-hydrogen) atoms. The van der Waals surface area contributed by atoms with Gasteiger partial charge in [0, 0.05) is 17.8 Å². The van der Waals surface area contributed by atoms with Gasteiger partial charge in [0.05, 0.1) is 15.9 Å². The molecule has 0 unspecified atom stereocenters. The van der Waals surface area contributed by atoms with Gasteiger partial charge < -0.3 is 10.3 Å². The summed E-state index contributed by atoms with van der Waals surface area (Å²) < 4.78 is 42.0. The first kappa shape index (κ1) is 22.2. The van der Waals surface area contributed by atoms with Gasteiger partial charge in [-0.2, -0.15) is 4.31 Å². The second-order valence-electron chi connectivity index (χ2n) is 8.36. The van der Waals surface area contributed by atoms with Crippen LogP contribution in [0.2, 0.25) is 0 Å². The van der Waals surface area contributed by atoms with E-state index in [-0.39, 0.29) is 11.4 Å². The molecule has 4 aromatic rings. The molecule has 2 N–H and O–H groups in total. The van der Waals surface area contributed by atoms with Gasteiger partial charge in [-0.25, -0.2) is 17.8 Å². The lowest BCUT2D eigenvalue weighted by molar-refractivity contribution is -0.119. The van der Waals surface area contributed by atoms with E-state index in [1.807, 2.05) is 30.3 Å². The van der Waals surface area contributed by atoms with Crippen molar-refractivity contribution in [1.82, 2.24) is 14.3 Å². The molecule has 0 aliphatic carbocycles. The minimum atomic E-state index is -3.94. The molecule has 174 valence electrons. The van der Waals surface area contributed by atoms with Gasteiger partial charge in [0.2, 0.25) is 15.9 Å². The van der Waals surface area contributed by atoms with E-state index in [4.69, 9.17) is 0 Å². The van der Waals surface area contributed by atoms with E-state index in [0.29, 0.717) is 41.0 Å². The molecular formula is C25H23FN4O3S. The number of halogens is 1. The number of H-pyrrole nitrogens is 1. The monoisotopic (exact) mass is 478 g/mol. The fraction of sp³-hybridized carbons (Fsp3) is 0.200. The zero-order valence-corrected chi connectivity index (χ0v) is 19.3. The molecule has 1 aliphatic heterocycles. The molecule has 0 radical (unpaired) electrons. The fourth-order valence-corrected chi connectivity index (χ4v) is 5.89. The maximum atomic E-state index is 13.9. The summed E-state index contributed by atoms with van der Waals surface area (Å²) in [4.78, 5) is 20.7. The lowest BCUT2D eigenvalue weighted by Gasteiger charge is -2.23. The van der Waals surface area contributed by atoms with Crippen LogP contribution in [0.3, 0.4) is 0 Å². The number of hydrogen-bond donors (Lipinski definition) is 2. The van der Waals surface area contributed by atoms with Crippen LogP contribution in [-0.2, 0) is 14.8 Å². The van der Waals surface area contributed by atoms with E-state index in [0.717, 1.165) is 5.56 Å². The van der Waals surface area contributed by atoms with Gasteiger partial charge in [0.1, 0.15) is 17.7 Å². The Bertz CT molecular complexity index is 1480. The van der Waals surface area contributed by atoms with Crippen LogP contribution < -0.4 is 5.32 Å². The number of rotatable bonds is 5. The Kier molecular flexibility index (Phi) is 5.66. The number of benzene rings is 3. The summed E-state index contributed by atoms with van der Waals surface area (Å²) in [7, 11) is -3.94. The minimum Gasteiger partial charge on any atom is -0.338 e. The van der Waals surface area contributed by atoms with Crippen LogP contribution in [-0.4, -0.2) is 41.2 Å². The number of aromatic nitrogens is 2. The lowest BCUT2D eigenvalue weighted by Crippen LogP contribution is -2.43. The first-order chi connectivity index (χ1) is 16.3. The molecule has 0 bridgehead atoms. The number of nitrogens with zero attached hydrogens (tertiary/aromatic N) is 2. The highest BCUT2D eigenvalue weighted by Gasteiger charge is 2.39. The summed E-state index contributed by atoms with van der Waals surface area (Å²) in [6.07, 6.45) is 0.952. The van der Waals surface area contributed by atoms with Crippen LogP contribution in [0.4, 0.5) is 10.1 Å². The molecule has 1 aromatic heterocycles. The van der Waals surface area contributed by atoms with E-state index < -0.39 is 27.8 Å². The van der Waals surface area contributed by atoms with Crippen molar-refractivity contribution in [2.24, 2.45) is 0 Å². The maximum Gasteiger partial charge on any atom is 0.243 e. The first-order valence-corrected chi connectivity index (χ1v) is 12.4. The summed E-state index contributed by atoms with van der Waals surface area (Å²) in [6.45, 7) is 1.87. The van der Waals surface area contributed by atoms with E-state index in [9.17, 15) is 17.6 Å². The average Bonchev–Trinajstić information content (AvgIpc) is 3.49. The smallest absolute Gasteiger partial charge is 0.243 e. The maximum absolute atomic E-state index is 13.9. The predicted molar refractivity (Wildman–Crippen MR) is 128 cm³/mol. The highest BCUT2D eigenvalue weighted by Crippen LogP contribution is 2.29. The molecule has 0 spiro atoms. The number of amides is 1. The van der Waals surface area contributed by atoms with Crippen LogP contribution in [0.1, 0.15) is 18.4 Å². The van der Waals surface area contributed by atoms with Crippen LogP contribution in [0.25, 0.3) is 22.4 Å². The van der Waals surface area contributed by atoms with Crippen molar-refractivity contribution >= 4 is 32.7 Å². The summed E-state index contributed by atoms with van der Waals surface area (Å²) in [5.74, 6) is -0.261. The van der Waals surface area contributed by atoms with Crippen molar-refractivity contribution < 1.29 is 17.6 Å². The number of imidazole rings is 1. The topological polar surface area (TPSA) is 95.2 Å². The third kappa shape index (κ3) is 4.08. The molecule has 9 heteroatoms. The van der Waals surface area contributed by atoms with Gasteiger partial charge in [0.25, 0.3) is 0 Å². The Morgan fingerprint density at radius 3 is 2.68 bits per heavy atom. The number of aromatic amines is 1. The van der Waals surface area contributed by atoms with Gasteiger partial charge >= 0.3 is 0 Å². The number of fused-ring (bicyclic) bond motifs is 1. The molecule has 1 amide bonds. The van der Waals surface area contributed by atoms with Gasteiger partial charge in [0.15, 0.2) is 0 Å². The Morgan fingerprint density at radius 2 is 1.91 bits per heavy atom. The van der Waals surface area contributed by atoms with E-state index >= 15 is 0 Å².